The number of amides is 2. The molecule has 0 spiro atoms. The molecule has 11 heteroatoms. The van der Waals surface area contributed by atoms with Crippen LogP contribution >= 0.6 is 0 Å². The molecule has 0 bridgehead atoms. The predicted octanol–water partition coefficient (Wildman–Crippen LogP) is 5.41. The van der Waals surface area contributed by atoms with Gasteiger partial charge in [0, 0.05) is 34.9 Å². The molecule has 4 rings (SSSR count). The third-order valence-electron chi connectivity index (χ3n) is 5.24. The molecular formula is C26H26N7O3S-. The molecule has 2 amide bonds. The maximum Gasteiger partial charge on any atom is 0.323 e. The number of aromatic nitrogens is 2. The van der Waals surface area contributed by atoms with Gasteiger partial charge < -0.3 is 35.4 Å². The molecule has 37 heavy (non-hydrogen) atoms. The van der Waals surface area contributed by atoms with Crippen LogP contribution in [0.4, 0.5) is 33.6 Å². The highest BCUT2D eigenvalue weighted by molar-refractivity contribution is 7.73. The van der Waals surface area contributed by atoms with E-state index in [4.69, 9.17) is 4.78 Å². The van der Waals surface area contributed by atoms with Crippen molar-refractivity contribution in [1.82, 2.24) is 9.97 Å². The Bertz CT molecular complexity index is 1440. The third kappa shape index (κ3) is 7.03. The summed E-state index contributed by atoms with van der Waals surface area (Å²) in [4.78, 5) is 21.6. The van der Waals surface area contributed by atoms with Crippen molar-refractivity contribution in [3.63, 3.8) is 0 Å². The van der Waals surface area contributed by atoms with Crippen LogP contribution in [0.2, 0.25) is 0 Å². The Labute approximate surface area is 216 Å². The van der Waals surface area contributed by atoms with Gasteiger partial charge in [-0.05, 0) is 42.8 Å². The average molecular weight is 517 g/mol. The van der Waals surface area contributed by atoms with Crippen LogP contribution in [-0.4, -0.2) is 33.8 Å². The molecule has 190 valence electrons. The summed E-state index contributed by atoms with van der Waals surface area (Å²) in [6.07, 6.45) is 1.65. The van der Waals surface area contributed by atoms with Crippen LogP contribution < -0.4 is 21.3 Å². The molecular weight excluding hydrogens is 490 g/mol. The number of aliphatic hydroxyl groups excluding tert-OH is 1. The number of anilines is 5. The van der Waals surface area contributed by atoms with Gasteiger partial charge in [-0.3, -0.25) is 0 Å². The Morgan fingerprint density at radius 1 is 0.973 bits per heavy atom. The number of carbonyl (C=O) groups is 1. The highest BCUT2D eigenvalue weighted by Gasteiger charge is 2.13. The Kier molecular flexibility index (Phi) is 8.29. The molecule has 0 saturated heterocycles. The minimum atomic E-state index is -1.86. The summed E-state index contributed by atoms with van der Waals surface area (Å²) in [6.45, 7) is 1.73. The van der Waals surface area contributed by atoms with Gasteiger partial charge in [-0.2, -0.15) is 15.6 Å². The molecule has 3 aromatic carbocycles. The lowest BCUT2D eigenvalue weighted by Gasteiger charge is -2.17. The maximum absolute atomic E-state index is 12.3. The van der Waals surface area contributed by atoms with E-state index in [1.54, 1.807) is 54.7 Å². The van der Waals surface area contributed by atoms with Crippen LogP contribution in [0.15, 0.2) is 90.0 Å². The summed E-state index contributed by atoms with van der Waals surface area (Å²) in [5.41, 5.74) is 3.40. The summed E-state index contributed by atoms with van der Waals surface area (Å²) >= 11 is 0. The quantitative estimate of drug-likeness (QED) is 0.163. The standard InChI is InChI=1S/C26H26N7O3S/c1-17(16-34)29-24-23(15-28-25(33-24)30-21-8-5-9-22(14-21)37(27)36)18-10-12-20(13-11-18)32-26(35)31-19-6-3-2-4-7-19/h2-15,17,27,34H,16H2,1H3,(H2,31,32,35)(H2,28,29,30,33)/q-1. The van der Waals surface area contributed by atoms with Crippen molar-refractivity contribution in [2.75, 3.05) is 27.9 Å². The molecule has 4 aromatic rings. The van der Waals surface area contributed by atoms with Gasteiger partial charge in [0.25, 0.3) is 0 Å². The fourth-order valence-corrected chi connectivity index (χ4v) is 3.84. The lowest BCUT2D eigenvalue weighted by molar-refractivity contribution is 0.262. The van der Waals surface area contributed by atoms with Crippen molar-refractivity contribution in [1.29, 1.82) is 4.78 Å². The highest BCUT2D eigenvalue weighted by Crippen LogP contribution is 2.29. The van der Waals surface area contributed by atoms with Crippen molar-refractivity contribution >= 4 is 45.5 Å². The summed E-state index contributed by atoms with van der Waals surface area (Å²) in [5.74, 6) is 0.793. The Balaban J connectivity index is 1.54. The van der Waals surface area contributed by atoms with E-state index in [9.17, 15) is 14.1 Å². The molecule has 0 saturated carbocycles. The fourth-order valence-electron chi connectivity index (χ4n) is 3.41. The van der Waals surface area contributed by atoms with Gasteiger partial charge in [0.05, 0.1) is 6.61 Å². The predicted molar refractivity (Wildman–Crippen MR) is 145 cm³/mol. The number of hydrogen-bond acceptors (Lipinski definition) is 9. The van der Waals surface area contributed by atoms with Crippen LogP contribution in [0.25, 0.3) is 11.1 Å². The third-order valence-corrected chi connectivity index (χ3v) is 5.92. The van der Waals surface area contributed by atoms with Gasteiger partial charge in [0.1, 0.15) is 5.82 Å². The fraction of sp³-hybridized carbons (Fsp3) is 0.115. The molecule has 0 aliphatic carbocycles. The number of urea groups is 1. The number of benzene rings is 3. The number of rotatable bonds is 9. The second-order valence-corrected chi connectivity index (χ2v) is 9.14. The zero-order chi connectivity index (χ0) is 26.2. The average Bonchev–Trinajstić information content (AvgIpc) is 2.90. The van der Waals surface area contributed by atoms with Crippen molar-refractivity contribution in [2.45, 2.75) is 17.9 Å². The van der Waals surface area contributed by atoms with E-state index in [0.717, 1.165) is 5.56 Å². The first-order chi connectivity index (χ1) is 17.9. The molecule has 10 nitrogen and oxygen atoms in total. The highest BCUT2D eigenvalue weighted by atomic mass is 32.2. The summed E-state index contributed by atoms with van der Waals surface area (Å²) in [5, 5.41) is 21.4. The second-order valence-electron chi connectivity index (χ2n) is 8.13. The molecule has 1 aromatic heterocycles. The molecule has 1 atom stereocenters. The lowest BCUT2D eigenvalue weighted by Crippen LogP contribution is -2.21. The van der Waals surface area contributed by atoms with E-state index < -0.39 is 10.6 Å². The monoisotopic (exact) mass is 516 g/mol. The first-order valence-electron chi connectivity index (χ1n) is 11.4. The first-order valence-corrected chi connectivity index (χ1v) is 12.5. The summed E-state index contributed by atoms with van der Waals surface area (Å²) in [6, 6.07) is 22.4. The first kappa shape index (κ1) is 25.6. The second kappa shape index (κ2) is 12.0. The molecule has 1 unspecified atom stereocenters. The Morgan fingerprint density at radius 2 is 1.65 bits per heavy atom. The van der Waals surface area contributed by atoms with Crippen molar-refractivity contribution in [3.8, 4) is 11.1 Å². The summed E-state index contributed by atoms with van der Waals surface area (Å²) in [7, 11) is -1.86. The minimum Gasteiger partial charge on any atom is -0.440 e. The number of aliphatic hydroxyl groups is 1. The van der Waals surface area contributed by atoms with Crippen LogP contribution in [0.3, 0.4) is 0 Å². The van der Waals surface area contributed by atoms with Gasteiger partial charge >= 0.3 is 6.03 Å². The van der Waals surface area contributed by atoms with E-state index in [2.05, 4.69) is 31.2 Å². The number of nitrogens with zero attached hydrogens (tertiary/aromatic N) is 2. The smallest absolute Gasteiger partial charge is 0.323 e. The van der Waals surface area contributed by atoms with E-state index in [0.29, 0.717) is 39.3 Å². The molecule has 0 radical (unpaired) electrons. The molecule has 0 fully saturated rings. The lowest BCUT2D eigenvalue weighted by atomic mass is 10.1. The molecule has 1 heterocycles. The Hall–Kier alpha value is -4.48. The van der Waals surface area contributed by atoms with E-state index >= 15 is 0 Å². The van der Waals surface area contributed by atoms with Gasteiger partial charge in [0.15, 0.2) is 0 Å². The Morgan fingerprint density at radius 3 is 2.32 bits per heavy atom. The molecule has 0 aliphatic heterocycles. The van der Waals surface area contributed by atoms with Crippen molar-refractivity contribution in [3.05, 3.63) is 85.1 Å². The number of hydrogen-bond donors (Lipinski definition) is 6. The number of para-hydroxylation sites is 1. The van der Waals surface area contributed by atoms with Crippen molar-refractivity contribution < 1.29 is 14.1 Å². The largest absolute Gasteiger partial charge is 0.440 e. The van der Waals surface area contributed by atoms with Gasteiger partial charge in [0.2, 0.25) is 5.95 Å². The van der Waals surface area contributed by atoms with Crippen LogP contribution in [0.5, 0.6) is 0 Å². The maximum atomic E-state index is 12.3. The van der Waals surface area contributed by atoms with Gasteiger partial charge in [-0.15, -0.1) is 0 Å². The zero-order valence-electron chi connectivity index (χ0n) is 19.9. The molecule has 6 N–H and O–H groups in total. The SMILES string of the molecule is CC(CO)Nc1nc(Nc2cccc([S-](=N)=O)c2)ncc1-c1ccc(NC(=O)Nc2ccccc2)cc1. The van der Waals surface area contributed by atoms with Crippen LogP contribution in [0, 0.1) is 4.78 Å². The van der Waals surface area contributed by atoms with Gasteiger partial charge in [-0.1, -0.05) is 53.4 Å². The van der Waals surface area contributed by atoms with Crippen LogP contribution in [0.1, 0.15) is 6.92 Å². The molecule has 0 aliphatic rings. The zero-order valence-corrected chi connectivity index (χ0v) is 20.8. The normalized spacial score (nSPS) is 11.5. The number of nitrogens with one attached hydrogen (secondary N) is 5. The van der Waals surface area contributed by atoms with E-state index in [-0.39, 0.29) is 18.7 Å². The van der Waals surface area contributed by atoms with Crippen molar-refractivity contribution in [2.24, 2.45) is 0 Å². The summed E-state index contributed by atoms with van der Waals surface area (Å²) < 4.78 is 18.9. The van der Waals surface area contributed by atoms with Crippen LogP contribution in [-0.2, 0) is 14.8 Å². The number of carbonyl (C=O) groups excluding carboxylic acids is 1. The topological polar surface area (TPSA) is 152 Å². The van der Waals surface area contributed by atoms with E-state index in [1.165, 1.54) is 0 Å². The van der Waals surface area contributed by atoms with Gasteiger partial charge in [-0.25, -0.2) is 9.78 Å². The minimum absolute atomic E-state index is 0.0943. The van der Waals surface area contributed by atoms with E-state index in [1.807, 2.05) is 37.3 Å².